The number of β-lactam (4-membered cyclic amide) rings is 1. The third kappa shape index (κ3) is 2.65. The number of nitrogens with zero attached hydrogens (tertiary/aromatic N) is 1. The van der Waals surface area contributed by atoms with E-state index in [4.69, 9.17) is 4.74 Å². The largest absolute Gasteiger partial charge is 0.378 e. The van der Waals surface area contributed by atoms with Crippen LogP contribution < -0.4 is 5.32 Å². The van der Waals surface area contributed by atoms with Gasteiger partial charge in [-0.25, -0.2) is 0 Å². The summed E-state index contributed by atoms with van der Waals surface area (Å²) >= 11 is 0. The molecule has 1 N–H and O–H groups in total. The van der Waals surface area contributed by atoms with Gasteiger partial charge in [-0.1, -0.05) is 0 Å². The molecular formula is C15H26N2O2. The van der Waals surface area contributed by atoms with Crippen LogP contribution in [0.3, 0.4) is 0 Å². The summed E-state index contributed by atoms with van der Waals surface area (Å²) in [4.78, 5) is 14.2. The van der Waals surface area contributed by atoms with E-state index in [1.165, 1.54) is 12.8 Å². The summed E-state index contributed by atoms with van der Waals surface area (Å²) in [7, 11) is 0. The fourth-order valence-electron chi connectivity index (χ4n) is 3.30. The Morgan fingerprint density at radius 2 is 1.95 bits per heavy atom. The van der Waals surface area contributed by atoms with Crippen LogP contribution >= 0.6 is 0 Å². The van der Waals surface area contributed by atoms with E-state index in [1.54, 1.807) is 0 Å². The summed E-state index contributed by atoms with van der Waals surface area (Å²) < 4.78 is 5.81. The SMILES string of the molecule is CC(C)OCC1(CN2CCC3(CC2)CNC3=O)CC1. The Morgan fingerprint density at radius 1 is 1.26 bits per heavy atom. The quantitative estimate of drug-likeness (QED) is 0.765. The number of carbonyl (C=O) groups excluding carboxylic acids is 1. The van der Waals surface area contributed by atoms with Crippen molar-refractivity contribution in [2.24, 2.45) is 10.8 Å². The topological polar surface area (TPSA) is 41.6 Å². The van der Waals surface area contributed by atoms with Crippen LogP contribution in [-0.2, 0) is 9.53 Å². The number of rotatable bonds is 5. The standard InChI is InChI=1S/C15H26N2O2/c1-12(2)19-11-14(3-4-14)10-17-7-5-15(6-8-17)9-16-13(15)18/h12H,3-11H2,1-2H3,(H,16,18). The first-order valence-electron chi connectivity index (χ1n) is 7.66. The lowest BCUT2D eigenvalue weighted by Gasteiger charge is -2.47. The number of ether oxygens (including phenoxy) is 1. The van der Waals surface area contributed by atoms with Gasteiger partial charge >= 0.3 is 0 Å². The Hall–Kier alpha value is -0.610. The molecule has 0 radical (unpaired) electrons. The van der Waals surface area contributed by atoms with E-state index in [0.29, 0.717) is 11.5 Å². The maximum Gasteiger partial charge on any atom is 0.228 e. The van der Waals surface area contributed by atoms with Gasteiger partial charge < -0.3 is 15.0 Å². The Morgan fingerprint density at radius 3 is 2.37 bits per heavy atom. The molecule has 0 atom stereocenters. The van der Waals surface area contributed by atoms with Crippen LogP contribution in [0.5, 0.6) is 0 Å². The summed E-state index contributed by atoms with van der Waals surface area (Å²) in [5, 5.41) is 2.90. The number of likely N-dealkylation sites (tertiary alicyclic amines) is 1. The Balaban J connectivity index is 1.46. The van der Waals surface area contributed by atoms with Crippen LogP contribution in [0.1, 0.15) is 39.5 Å². The van der Waals surface area contributed by atoms with Crippen molar-refractivity contribution in [1.82, 2.24) is 10.2 Å². The number of hydrogen-bond acceptors (Lipinski definition) is 3. The summed E-state index contributed by atoms with van der Waals surface area (Å²) in [6, 6.07) is 0. The van der Waals surface area contributed by atoms with Gasteiger partial charge in [0.25, 0.3) is 0 Å². The van der Waals surface area contributed by atoms with Gasteiger partial charge in [0.2, 0.25) is 5.91 Å². The Labute approximate surface area is 115 Å². The molecule has 2 saturated heterocycles. The third-order valence-corrected chi connectivity index (χ3v) is 5.12. The molecule has 0 aromatic heterocycles. The summed E-state index contributed by atoms with van der Waals surface area (Å²) in [6.45, 7) is 9.35. The van der Waals surface area contributed by atoms with E-state index < -0.39 is 0 Å². The van der Waals surface area contributed by atoms with Gasteiger partial charge in [-0.05, 0) is 52.6 Å². The molecule has 1 saturated carbocycles. The molecular weight excluding hydrogens is 240 g/mol. The van der Waals surface area contributed by atoms with Gasteiger partial charge in [0.15, 0.2) is 0 Å². The maximum atomic E-state index is 11.6. The number of hydrogen-bond donors (Lipinski definition) is 1. The highest BCUT2D eigenvalue weighted by Crippen LogP contribution is 2.47. The predicted molar refractivity (Wildman–Crippen MR) is 73.9 cm³/mol. The Kier molecular flexibility index (Phi) is 3.34. The molecule has 0 aromatic rings. The molecule has 108 valence electrons. The fourth-order valence-corrected chi connectivity index (χ4v) is 3.30. The highest BCUT2D eigenvalue weighted by molar-refractivity contribution is 5.88. The first kappa shape index (κ1) is 13.4. The summed E-state index contributed by atoms with van der Waals surface area (Å²) in [5.41, 5.74) is 0.429. The monoisotopic (exact) mass is 266 g/mol. The smallest absolute Gasteiger partial charge is 0.228 e. The molecule has 19 heavy (non-hydrogen) atoms. The number of amides is 1. The van der Waals surface area contributed by atoms with Crippen molar-refractivity contribution in [2.75, 3.05) is 32.8 Å². The second-order valence-corrected chi connectivity index (χ2v) is 7.10. The van der Waals surface area contributed by atoms with E-state index >= 15 is 0 Å². The molecule has 2 heterocycles. The first-order valence-corrected chi connectivity index (χ1v) is 7.66. The molecule has 0 aromatic carbocycles. The lowest BCUT2D eigenvalue weighted by Crippen LogP contribution is -2.63. The molecule has 3 rings (SSSR count). The zero-order valence-electron chi connectivity index (χ0n) is 12.2. The van der Waals surface area contributed by atoms with Crippen LogP contribution in [0.4, 0.5) is 0 Å². The van der Waals surface area contributed by atoms with Crippen molar-refractivity contribution < 1.29 is 9.53 Å². The lowest BCUT2D eigenvalue weighted by molar-refractivity contribution is -0.144. The van der Waals surface area contributed by atoms with Crippen LogP contribution in [-0.4, -0.2) is 49.7 Å². The van der Waals surface area contributed by atoms with E-state index in [9.17, 15) is 4.79 Å². The second-order valence-electron chi connectivity index (χ2n) is 7.10. The van der Waals surface area contributed by atoms with Crippen molar-refractivity contribution in [3.05, 3.63) is 0 Å². The molecule has 3 fully saturated rings. The van der Waals surface area contributed by atoms with E-state index in [0.717, 1.165) is 45.6 Å². The van der Waals surface area contributed by atoms with E-state index in [1.807, 2.05) is 0 Å². The van der Waals surface area contributed by atoms with Gasteiger partial charge in [-0.3, -0.25) is 4.79 Å². The summed E-state index contributed by atoms with van der Waals surface area (Å²) in [6.07, 6.45) is 5.03. The highest BCUT2D eigenvalue weighted by Gasteiger charge is 2.50. The van der Waals surface area contributed by atoms with Crippen molar-refractivity contribution in [2.45, 2.75) is 45.6 Å². The molecule has 4 nitrogen and oxygen atoms in total. The lowest BCUT2D eigenvalue weighted by atomic mass is 9.72. The predicted octanol–water partition coefficient (Wildman–Crippen LogP) is 1.40. The number of piperidine rings is 1. The van der Waals surface area contributed by atoms with Crippen molar-refractivity contribution in [1.29, 1.82) is 0 Å². The van der Waals surface area contributed by atoms with Crippen molar-refractivity contribution in [3.8, 4) is 0 Å². The number of nitrogens with one attached hydrogen (secondary N) is 1. The van der Waals surface area contributed by atoms with Gasteiger partial charge in [0.1, 0.15) is 0 Å². The average molecular weight is 266 g/mol. The minimum Gasteiger partial charge on any atom is -0.378 e. The minimum atomic E-state index is 0.00163. The van der Waals surface area contributed by atoms with Crippen LogP contribution in [0, 0.1) is 10.8 Å². The minimum absolute atomic E-state index is 0.00163. The Bertz CT molecular complexity index is 355. The second kappa shape index (κ2) is 4.74. The normalized spacial score (nSPS) is 28.3. The molecule has 0 unspecified atom stereocenters. The zero-order valence-corrected chi connectivity index (χ0v) is 12.2. The first-order chi connectivity index (χ1) is 9.04. The van der Waals surface area contributed by atoms with Gasteiger partial charge in [-0.15, -0.1) is 0 Å². The van der Waals surface area contributed by atoms with Crippen molar-refractivity contribution in [3.63, 3.8) is 0 Å². The highest BCUT2D eigenvalue weighted by atomic mass is 16.5. The molecule has 3 aliphatic rings. The number of carbonyl (C=O) groups is 1. The van der Waals surface area contributed by atoms with E-state index in [2.05, 4.69) is 24.1 Å². The molecule has 4 heteroatoms. The van der Waals surface area contributed by atoms with Crippen LogP contribution in [0.15, 0.2) is 0 Å². The maximum absolute atomic E-state index is 11.6. The molecule has 2 aliphatic heterocycles. The van der Waals surface area contributed by atoms with Gasteiger partial charge in [0, 0.05) is 18.5 Å². The third-order valence-electron chi connectivity index (χ3n) is 5.12. The molecule has 1 amide bonds. The molecule has 1 spiro atoms. The van der Waals surface area contributed by atoms with Gasteiger partial charge in [-0.2, -0.15) is 0 Å². The van der Waals surface area contributed by atoms with Crippen LogP contribution in [0.2, 0.25) is 0 Å². The molecule has 1 aliphatic carbocycles. The van der Waals surface area contributed by atoms with Gasteiger partial charge in [0.05, 0.1) is 18.1 Å². The average Bonchev–Trinajstić information content (AvgIpc) is 3.16. The zero-order chi connectivity index (χ0) is 13.5. The fraction of sp³-hybridized carbons (Fsp3) is 0.933. The van der Waals surface area contributed by atoms with Crippen LogP contribution in [0.25, 0.3) is 0 Å². The van der Waals surface area contributed by atoms with Crippen molar-refractivity contribution >= 4 is 5.91 Å². The molecule has 0 bridgehead atoms. The van der Waals surface area contributed by atoms with E-state index in [-0.39, 0.29) is 11.3 Å². The summed E-state index contributed by atoms with van der Waals surface area (Å²) in [5.74, 6) is 0.288.